The van der Waals surface area contributed by atoms with E-state index in [9.17, 15) is 0 Å². The van der Waals surface area contributed by atoms with Crippen molar-refractivity contribution in [2.45, 2.75) is 86.0 Å². The minimum absolute atomic E-state index is 0.101. The van der Waals surface area contributed by atoms with Crippen molar-refractivity contribution in [2.24, 2.45) is 4.99 Å². The van der Waals surface area contributed by atoms with E-state index in [-0.39, 0.29) is 6.85 Å². The summed E-state index contributed by atoms with van der Waals surface area (Å²) in [6.45, 7) is 11.4. The maximum atomic E-state index is 5.19. The second kappa shape index (κ2) is 14.3. The topological polar surface area (TPSA) is 17.3 Å². The molecule has 0 saturated heterocycles. The van der Waals surface area contributed by atoms with Crippen LogP contribution in [0.5, 0.6) is 0 Å². The van der Waals surface area contributed by atoms with Crippen molar-refractivity contribution >= 4 is 74.2 Å². The summed E-state index contributed by atoms with van der Waals surface area (Å²) in [4.78, 5) is 5.19. The largest absolute Gasteiger partial charge is 0.379 e. The molecule has 0 fully saturated rings. The molecule has 1 aliphatic rings. The number of allylic oxidation sites excluding steroid dienone is 3. The van der Waals surface area contributed by atoms with Gasteiger partial charge in [-0.05, 0) is 96.9 Å². The van der Waals surface area contributed by atoms with Gasteiger partial charge in [-0.25, -0.2) is 0 Å². The van der Waals surface area contributed by atoms with E-state index < -0.39 is 0 Å². The number of hydrogen-bond donors (Lipinski definition) is 0. The Morgan fingerprint density at radius 1 is 0.769 bits per heavy atom. The normalized spacial score (nSPS) is 14.7. The zero-order valence-electron chi connectivity index (χ0n) is 24.2. The molecular weight excluding hydrogens is 701 g/mol. The lowest BCUT2D eigenvalue weighted by atomic mass is 9.50. The predicted molar refractivity (Wildman–Crippen MR) is 189 cm³/mol. The lowest BCUT2D eigenvalue weighted by molar-refractivity contribution is 0.593. The Balaban J connectivity index is 1.87. The molecule has 1 aromatic heterocycles. The summed E-state index contributed by atoms with van der Waals surface area (Å²) >= 11 is 5.05. The fourth-order valence-corrected chi connectivity index (χ4v) is 6.75. The van der Waals surface area contributed by atoms with Gasteiger partial charge in [-0.1, -0.05) is 117 Å². The van der Waals surface area contributed by atoms with Gasteiger partial charge in [0.15, 0.2) is 0 Å². The minimum atomic E-state index is 0.101. The zero-order chi connectivity index (χ0) is 27.9. The number of halogens is 2. The van der Waals surface area contributed by atoms with Gasteiger partial charge >= 0.3 is 6.85 Å². The number of unbranched alkanes of at least 4 members (excludes halogenated alkanes) is 6. The third kappa shape index (κ3) is 6.83. The molecule has 0 amide bonds. The van der Waals surface area contributed by atoms with E-state index in [1.165, 1.54) is 96.8 Å². The number of aromatic nitrogens is 1. The molecule has 0 spiro atoms. The molecule has 0 unspecified atom stereocenters. The Morgan fingerprint density at radius 3 is 1.82 bits per heavy atom. The predicted octanol–water partition coefficient (Wildman–Crippen LogP) is 9.40. The van der Waals surface area contributed by atoms with Gasteiger partial charge in [-0.2, -0.15) is 0 Å². The van der Waals surface area contributed by atoms with Crippen LogP contribution in [0.2, 0.25) is 0 Å². The highest BCUT2D eigenvalue weighted by Gasteiger charge is 2.32. The third-order valence-corrected chi connectivity index (χ3v) is 11.2. The number of nitrogens with zero attached hydrogens (tertiary/aromatic N) is 2. The molecule has 3 aromatic rings. The number of hydrogen-bond acceptors (Lipinski definition) is 1. The highest BCUT2D eigenvalue weighted by Crippen LogP contribution is 2.40. The van der Waals surface area contributed by atoms with E-state index in [4.69, 9.17) is 4.99 Å². The van der Waals surface area contributed by atoms with Gasteiger partial charge in [0.1, 0.15) is 0 Å². The van der Waals surface area contributed by atoms with Crippen molar-refractivity contribution in [3.05, 3.63) is 96.0 Å². The molecular formula is C34H41BI2N2. The highest BCUT2D eigenvalue weighted by atomic mass is 127. The van der Waals surface area contributed by atoms with Gasteiger partial charge in [0, 0.05) is 24.1 Å². The van der Waals surface area contributed by atoms with Gasteiger partial charge < -0.3 is 4.48 Å². The van der Waals surface area contributed by atoms with Crippen molar-refractivity contribution in [3.63, 3.8) is 0 Å². The summed E-state index contributed by atoms with van der Waals surface area (Å²) in [5, 5.41) is 0. The summed E-state index contributed by atoms with van der Waals surface area (Å²) in [7, 11) is 0. The zero-order valence-corrected chi connectivity index (χ0v) is 28.5. The summed E-state index contributed by atoms with van der Waals surface area (Å²) < 4.78 is 5.27. The van der Waals surface area contributed by atoms with Crippen LogP contribution in [0.4, 0.5) is 0 Å². The van der Waals surface area contributed by atoms with Crippen molar-refractivity contribution < 1.29 is 0 Å². The van der Waals surface area contributed by atoms with Crippen LogP contribution in [0.3, 0.4) is 0 Å². The fraction of sp³-hybridized carbons (Fsp3) is 0.382. The Bertz CT molecular complexity index is 1330. The Morgan fingerprint density at radius 2 is 1.31 bits per heavy atom. The first kappa shape index (κ1) is 30.4. The minimum Gasteiger partial charge on any atom is -0.379 e. The first-order valence-electron chi connectivity index (χ1n) is 14.5. The van der Waals surface area contributed by atoms with Crippen LogP contribution in [-0.4, -0.2) is 17.0 Å². The second-order valence-corrected chi connectivity index (χ2v) is 13.0. The van der Waals surface area contributed by atoms with Crippen LogP contribution in [-0.2, 0) is 0 Å². The summed E-state index contributed by atoms with van der Waals surface area (Å²) in [5.41, 5.74) is 11.8. The maximum Gasteiger partial charge on any atom is 0.327 e. The van der Waals surface area contributed by atoms with Crippen LogP contribution in [0.25, 0.3) is 5.57 Å². The van der Waals surface area contributed by atoms with Gasteiger partial charge in [-0.3, -0.25) is 4.99 Å². The summed E-state index contributed by atoms with van der Waals surface area (Å²) in [6.07, 6.45) is 10.2. The molecule has 2 nitrogen and oxygen atoms in total. The molecule has 0 saturated carbocycles. The molecule has 4 rings (SSSR count). The fourth-order valence-electron chi connectivity index (χ4n) is 5.86. The van der Waals surface area contributed by atoms with Gasteiger partial charge in [0.05, 0.1) is 11.4 Å². The van der Waals surface area contributed by atoms with Gasteiger partial charge in [-0.15, -0.1) is 0 Å². The molecule has 39 heavy (non-hydrogen) atoms. The van der Waals surface area contributed by atoms with E-state index in [0.717, 1.165) is 12.1 Å². The quantitative estimate of drug-likeness (QED) is 0.100. The van der Waals surface area contributed by atoms with Crippen molar-refractivity contribution in [1.29, 1.82) is 0 Å². The second-order valence-electron chi connectivity index (χ2n) is 10.8. The molecule has 204 valence electrons. The molecule has 0 radical (unpaired) electrons. The Kier molecular flexibility index (Phi) is 11.2. The molecule has 0 aliphatic carbocycles. The molecule has 0 bridgehead atoms. The number of benzene rings is 2. The number of rotatable bonds is 12. The van der Waals surface area contributed by atoms with Crippen LogP contribution < -0.4 is 10.9 Å². The van der Waals surface area contributed by atoms with E-state index in [0.29, 0.717) is 0 Å². The van der Waals surface area contributed by atoms with Crippen LogP contribution in [0.1, 0.15) is 89.1 Å². The summed E-state index contributed by atoms with van der Waals surface area (Å²) in [5.74, 6) is 0. The summed E-state index contributed by atoms with van der Waals surface area (Å²) in [6, 6.07) is 22.0. The SMILES string of the molecule is CCCCCCCCC/C(=C1\N=C(C)C(I)=C1C)c1c(C)c(I)c(C)n1B(c1ccccc1)c1ccccc1. The third-order valence-electron chi connectivity index (χ3n) is 7.98. The van der Waals surface area contributed by atoms with Crippen LogP contribution in [0, 0.1) is 17.4 Å². The average molecular weight is 742 g/mol. The standard InChI is InChI=1S/C34H41BI2N2/c1-6-7-8-9-10-11-18-23-30(33-24(2)31(36)26(4)38-33)34-25(3)32(37)27(5)39(34)35(28-19-14-12-15-20-28)29-21-16-13-17-22-29/h12-17,19-22H,6-11,18,23H2,1-5H3/b33-30+. The van der Waals surface area contributed by atoms with E-state index in [1.807, 2.05) is 0 Å². The average Bonchev–Trinajstić information content (AvgIpc) is 3.33. The van der Waals surface area contributed by atoms with Gasteiger partial charge in [0.25, 0.3) is 0 Å². The lowest BCUT2D eigenvalue weighted by Crippen LogP contribution is -2.49. The Hall–Kier alpha value is -1.61. The molecule has 2 aromatic carbocycles. The molecule has 0 N–H and O–H groups in total. The van der Waals surface area contributed by atoms with Crippen LogP contribution in [0.15, 0.2) is 80.5 Å². The lowest BCUT2D eigenvalue weighted by Gasteiger charge is -2.24. The van der Waals surface area contributed by atoms with E-state index in [1.54, 1.807) is 0 Å². The molecule has 5 heteroatoms. The van der Waals surface area contributed by atoms with Gasteiger partial charge in [0.2, 0.25) is 0 Å². The van der Waals surface area contributed by atoms with E-state index in [2.05, 4.69) is 145 Å². The van der Waals surface area contributed by atoms with E-state index >= 15 is 0 Å². The molecule has 1 aliphatic heterocycles. The monoisotopic (exact) mass is 742 g/mol. The highest BCUT2D eigenvalue weighted by molar-refractivity contribution is 14.1. The molecule has 2 heterocycles. The first-order chi connectivity index (χ1) is 18.9. The van der Waals surface area contributed by atoms with Crippen molar-refractivity contribution in [1.82, 2.24) is 4.48 Å². The van der Waals surface area contributed by atoms with Crippen molar-refractivity contribution in [2.75, 3.05) is 0 Å². The number of aliphatic imine (C=N–C) groups is 1. The first-order valence-corrected chi connectivity index (χ1v) is 16.6. The Labute approximate surface area is 263 Å². The molecule has 0 atom stereocenters. The smallest absolute Gasteiger partial charge is 0.327 e. The van der Waals surface area contributed by atoms with Crippen molar-refractivity contribution in [3.8, 4) is 0 Å². The van der Waals surface area contributed by atoms with Crippen LogP contribution >= 0.6 is 45.2 Å². The maximum absolute atomic E-state index is 5.19.